The lowest BCUT2D eigenvalue weighted by molar-refractivity contribution is -0.384. The van der Waals surface area contributed by atoms with Crippen molar-refractivity contribution in [2.24, 2.45) is 0 Å². The first kappa shape index (κ1) is 15.7. The maximum absolute atomic E-state index is 12.0. The molecular formula is C12H17N3O5. The highest BCUT2D eigenvalue weighted by molar-refractivity contribution is 5.97. The van der Waals surface area contributed by atoms with Crippen LogP contribution in [0.3, 0.4) is 0 Å². The summed E-state index contributed by atoms with van der Waals surface area (Å²) in [6.45, 7) is 3.42. The Kier molecular flexibility index (Phi) is 4.84. The molecule has 0 spiro atoms. The van der Waals surface area contributed by atoms with Gasteiger partial charge in [0.1, 0.15) is 11.2 Å². The van der Waals surface area contributed by atoms with E-state index in [1.54, 1.807) is 6.92 Å². The summed E-state index contributed by atoms with van der Waals surface area (Å²) in [5, 5.41) is 13.1. The Bertz CT molecular complexity index is 525. The zero-order valence-corrected chi connectivity index (χ0v) is 11.6. The molecule has 8 heteroatoms. The van der Waals surface area contributed by atoms with Crippen molar-refractivity contribution in [1.82, 2.24) is 10.3 Å². The number of esters is 1. The number of hydrogen-bond acceptors (Lipinski definition) is 5. The Morgan fingerprint density at radius 2 is 2.20 bits per heavy atom. The van der Waals surface area contributed by atoms with E-state index in [0.29, 0.717) is 12.8 Å². The summed E-state index contributed by atoms with van der Waals surface area (Å²) < 4.78 is 4.68. The second kappa shape index (κ2) is 6.18. The van der Waals surface area contributed by atoms with Crippen LogP contribution in [0.5, 0.6) is 0 Å². The van der Waals surface area contributed by atoms with Gasteiger partial charge in [-0.25, -0.2) is 4.79 Å². The third-order valence-corrected chi connectivity index (χ3v) is 2.90. The van der Waals surface area contributed by atoms with Gasteiger partial charge in [0.25, 0.3) is 11.6 Å². The summed E-state index contributed by atoms with van der Waals surface area (Å²) >= 11 is 0. The van der Waals surface area contributed by atoms with E-state index >= 15 is 0 Å². The van der Waals surface area contributed by atoms with Gasteiger partial charge in [0.05, 0.1) is 18.2 Å². The molecule has 1 unspecified atom stereocenters. The summed E-state index contributed by atoms with van der Waals surface area (Å²) in [6.07, 6.45) is 2.18. The molecule has 0 bridgehead atoms. The zero-order valence-electron chi connectivity index (χ0n) is 11.6. The number of methoxy groups -OCH3 is 1. The first-order valence-corrected chi connectivity index (χ1v) is 6.07. The lowest BCUT2D eigenvalue weighted by Gasteiger charge is -2.27. The maximum Gasteiger partial charge on any atom is 0.331 e. The molecule has 0 radical (unpaired) electrons. The van der Waals surface area contributed by atoms with Crippen molar-refractivity contribution in [2.75, 3.05) is 7.11 Å². The molecular weight excluding hydrogens is 266 g/mol. The van der Waals surface area contributed by atoms with Crippen molar-refractivity contribution in [1.29, 1.82) is 0 Å². The lowest BCUT2D eigenvalue weighted by Crippen LogP contribution is -2.52. The van der Waals surface area contributed by atoms with Gasteiger partial charge >= 0.3 is 5.97 Å². The molecule has 2 N–H and O–H groups in total. The average Bonchev–Trinajstić information content (AvgIpc) is 2.87. The Hall–Kier alpha value is -2.38. The molecule has 20 heavy (non-hydrogen) atoms. The highest BCUT2D eigenvalue weighted by atomic mass is 16.6. The van der Waals surface area contributed by atoms with Crippen molar-refractivity contribution < 1.29 is 19.2 Å². The van der Waals surface area contributed by atoms with Gasteiger partial charge in [-0.15, -0.1) is 0 Å². The number of aromatic amines is 1. The quantitative estimate of drug-likeness (QED) is 0.465. The second-order valence-electron chi connectivity index (χ2n) is 4.56. The molecule has 110 valence electrons. The SMILES string of the molecule is CCCC(C)(NC(=O)c1cc([N+](=O)[O-])c[nH]1)C(=O)OC. The highest BCUT2D eigenvalue weighted by Gasteiger charge is 2.35. The number of nitro groups is 1. The first-order chi connectivity index (χ1) is 9.34. The smallest absolute Gasteiger partial charge is 0.331 e. The normalized spacial score (nSPS) is 13.3. The number of ether oxygens (including phenoxy) is 1. The van der Waals surface area contributed by atoms with Crippen LogP contribution in [0, 0.1) is 10.1 Å². The molecule has 0 saturated carbocycles. The third-order valence-electron chi connectivity index (χ3n) is 2.90. The predicted molar refractivity (Wildman–Crippen MR) is 70.2 cm³/mol. The minimum atomic E-state index is -1.17. The first-order valence-electron chi connectivity index (χ1n) is 6.07. The Balaban J connectivity index is 2.90. The van der Waals surface area contributed by atoms with E-state index in [1.807, 2.05) is 6.92 Å². The fraction of sp³-hybridized carbons (Fsp3) is 0.500. The minimum absolute atomic E-state index is 0.0166. The predicted octanol–water partition coefficient (Wildman–Crippen LogP) is 1.38. The Labute approximate surface area is 115 Å². The summed E-state index contributed by atoms with van der Waals surface area (Å²) in [7, 11) is 1.24. The number of carbonyl (C=O) groups excluding carboxylic acids is 2. The van der Waals surface area contributed by atoms with Crippen LogP contribution < -0.4 is 5.32 Å². The van der Waals surface area contributed by atoms with E-state index in [0.717, 1.165) is 12.3 Å². The molecule has 1 heterocycles. The van der Waals surface area contributed by atoms with Crippen molar-refractivity contribution >= 4 is 17.6 Å². The van der Waals surface area contributed by atoms with Gasteiger partial charge in [0.2, 0.25) is 0 Å². The average molecular weight is 283 g/mol. The topological polar surface area (TPSA) is 114 Å². The molecule has 0 fully saturated rings. The minimum Gasteiger partial charge on any atom is -0.467 e. The summed E-state index contributed by atoms with van der Waals surface area (Å²) in [4.78, 5) is 36.2. The fourth-order valence-electron chi connectivity index (χ4n) is 1.88. The van der Waals surface area contributed by atoms with Crippen LogP contribution in [0.25, 0.3) is 0 Å². The number of aromatic nitrogens is 1. The van der Waals surface area contributed by atoms with Crippen LogP contribution in [0.4, 0.5) is 5.69 Å². The number of H-pyrrole nitrogens is 1. The number of nitrogens with one attached hydrogen (secondary N) is 2. The van der Waals surface area contributed by atoms with Gasteiger partial charge in [-0.3, -0.25) is 14.9 Å². The number of nitrogens with zero attached hydrogens (tertiary/aromatic N) is 1. The molecule has 1 rings (SSSR count). The largest absolute Gasteiger partial charge is 0.467 e. The Morgan fingerprint density at radius 1 is 1.55 bits per heavy atom. The number of carbonyl (C=O) groups is 2. The number of hydrogen-bond donors (Lipinski definition) is 2. The van der Waals surface area contributed by atoms with Gasteiger partial charge in [-0.2, -0.15) is 0 Å². The van der Waals surface area contributed by atoms with E-state index in [-0.39, 0.29) is 11.4 Å². The second-order valence-corrected chi connectivity index (χ2v) is 4.56. The van der Waals surface area contributed by atoms with Crippen LogP contribution in [0.15, 0.2) is 12.3 Å². The van der Waals surface area contributed by atoms with Crippen LogP contribution in [0.2, 0.25) is 0 Å². The van der Waals surface area contributed by atoms with E-state index < -0.39 is 22.3 Å². The van der Waals surface area contributed by atoms with E-state index in [4.69, 9.17) is 0 Å². The molecule has 0 aliphatic carbocycles. The number of amides is 1. The number of rotatable bonds is 6. The molecule has 0 saturated heterocycles. The van der Waals surface area contributed by atoms with Gasteiger partial charge in [-0.05, 0) is 13.3 Å². The monoisotopic (exact) mass is 283 g/mol. The molecule has 0 aromatic carbocycles. The van der Waals surface area contributed by atoms with Crippen LogP contribution in [-0.2, 0) is 9.53 Å². The summed E-state index contributed by atoms with van der Waals surface area (Å²) in [5.74, 6) is -1.16. The van der Waals surface area contributed by atoms with E-state index in [9.17, 15) is 19.7 Å². The molecule has 1 amide bonds. The fourth-order valence-corrected chi connectivity index (χ4v) is 1.88. The van der Waals surface area contributed by atoms with Crippen molar-refractivity contribution in [3.63, 3.8) is 0 Å². The van der Waals surface area contributed by atoms with Crippen LogP contribution in [-0.4, -0.2) is 34.4 Å². The van der Waals surface area contributed by atoms with Gasteiger partial charge < -0.3 is 15.0 Å². The highest BCUT2D eigenvalue weighted by Crippen LogP contribution is 2.17. The van der Waals surface area contributed by atoms with E-state index in [2.05, 4.69) is 15.0 Å². The lowest BCUT2D eigenvalue weighted by atomic mass is 9.96. The van der Waals surface area contributed by atoms with E-state index in [1.165, 1.54) is 7.11 Å². The van der Waals surface area contributed by atoms with Crippen molar-refractivity contribution in [3.8, 4) is 0 Å². The molecule has 1 aromatic rings. The maximum atomic E-state index is 12.0. The van der Waals surface area contributed by atoms with Gasteiger partial charge in [0.15, 0.2) is 0 Å². The molecule has 0 aliphatic heterocycles. The van der Waals surface area contributed by atoms with Gasteiger partial charge in [-0.1, -0.05) is 13.3 Å². The standard InChI is InChI=1S/C12H17N3O5/c1-4-5-12(2,11(17)20-3)14-10(16)9-6-8(7-13-9)15(18)19/h6-7,13H,4-5H2,1-3H3,(H,14,16). The molecule has 0 aliphatic rings. The van der Waals surface area contributed by atoms with Gasteiger partial charge in [0, 0.05) is 6.07 Å². The Morgan fingerprint density at radius 3 is 2.65 bits per heavy atom. The van der Waals surface area contributed by atoms with Crippen LogP contribution >= 0.6 is 0 Å². The molecule has 1 atom stereocenters. The summed E-state index contributed by atoms with van der Waals surface area (Å²) in [6, 6.07) is 1.11. The molecule has 8 nitrogen and oxygen atoms in total. The molecule has 1 aromatic heterocycles. The van der Waals surface area contributed by atoms with Crippen molar-refractivity contribution in [3.05, 3.63) is 28.1 Å². The zero-order chi connectivity index (χ0) is 15.3. The van der Waals surface area contributed by atoms with Crippen molar-refractivity contribution in [2.45, 2.75) is 32.2 Å². The summed E-state index contributed by atoms with van der Waals surface area (Å²) in [5.41, 5.74) is -1.37. The van der Waals surface area contributed by atoms with Crippen LogP contribution in [0.1, 0.15) is 37.2 Å². The third kappa shape index (κ3) is 3.34.